The summed E-state index contributed by atoms with van der Waals surface area (Å²) < 4.78 is 0. The average Bonchev–Trinajstić information content (AvgIpc) is 3.00. The summed E-state index contributed by atoms with van der Waals surface area (Å²) in [7, 11) is 0. The summed E-state index contributed by atoms with van der Waals surface area (Å²) in [6, 6.07) is 8.31. The molecular weight excluding hydrogens is 260 g/mol. The van der Waals surface area contributed by atoms with Crippen molar-refractivity contribution in [1.29, 1.82) is 0 Å². The van der Waals surface area contributed by atoms with Gasteiger partial charge in [-0.1, -0.05) is 45.1 Å². The van der Waals surface area contributed by atoms with Crippen LogP contribution in [0.1, 0.15) is 39.2 Å². The quantitative estimate of drug-likeness (QED) is 0.790. The normalized spacial score (nSPS) is 26.9. The molecule has 21 heavy (non-hydrogen) atoms. The Hall–Kier alpha value is -1.77. The highest BCUT2D eigenvalue weighted by atomic mass is 16.2. The van der Waals surface area contributed by atoms with Crippen LogP contribution in [0.15, 0.2) is 36.4 Å². The van der Waals surface area contributed by atoms with Crippen molar-refractivity contribution in [2.24, 2.45) is 11.8 Å². The molecule has 0 heterocycles. The zero-order chi connectivity index (χ0) is 15.0. The number of hydrogen-bond donors (Lipinski definition) is 2. The lowest BCUT2D eigenvalue weighted by molar-refractivity contribution is 0.246. The van der Waals surface area contributed by atoms with Crippen molar-refractivity contribution >= 4 is 11.7 Å². The van der Waals surface area contributed by atoms with Crippen LogP contribution in [-0.2, 0) is 5.41 Å². The standard InChI is InChI=1S/C18H24N2O/c1-18(2,3)14-6-8-15(9-7-14)19-17(21)20-16-11-12-4-5-13(16)10-12/h4-9,12-13,16H,10-11H2,1-3H3,(H2,19,20,21). The summed E-state index contributed by atoms with van der Waals surface area (Å²) >= 11 is 0. The maximum absolute atomic E-state index is 12.1. The summed E-state index contributed by atoms with van der Waals surface area (Å²) in [5.41, 5.74) is 2.25. The first-order valence-corrected chi connectivity index (χ1v) is 7.78. The van der Waals surface area contributed by atoms with Gasteiger partial charge in [0.25, 0.3) is 0 Å². The topological polar surface area (TPSA) is 41.1 Å². The largest absolute Gasteiger partial charge is 0.335 e. The Morgan fingerprint density at radius 2 is 1.81 bits per heavy atom. The van der Waals surface area contributed by atoms with E-state index in [2.05, 4.69) is 55.7 Å². The number of carbonyl (C=O) groups excluding carboxylic acids is 1. The third-order valence-electron chi connectivity index (χ3n) is 4.60. The van der Waals surface area contributed by atoms with Crippen molar-refractivity contribution in [3.8, 4) is 0 Å². The van der Waals surface area contributed by atoms with Crippen LogP contribution < -0.4 is 10.6 Å². The number of anilines is 1. The SMILES string of the molecule is CC(C)(C)c1ccc(NC(=O)NC2CC3C=CC2C3)cc1. The number of nitrogens with one attached hydrogen (secondary N) is 2. The molecule has 1 fully saturated rings. The van der Waals surface area contributed by atoms with E-state index in [0.717, 1.165) is 12.1 Å². The Bertz CT molecular complexity index is 554. The number of benzene rings is 1. The van der Waals surface area contributed by atoms with Crippen LogP contribution in [-0.4, -0.2) is 12.1 Å². The van der Waals surface area contributed by atoms with Gasteiger partial charge in [0, 0.05) is 11.7 Å². The molecule has 3 nitrogen and oxygen atoms in total. The lowest BCUT2D eigenvalue weighted by Crippen LogP contribution is -2.40. The minimum Gasteiger partial charge on any atom is -0.335 e. The average molecular weight is 284 g/mol. The molecule has 2 bridgehead atoms. The number of allylic oxidation sites excluding steroid dienone is 1. The molecule has 3 atom stereocenters. The predicted molar refractivity (Wildman–Crippen MR) is 86.4 cm³/mol. The van der Waals surface area contributed by atoms with E-state index in [1.807, 2.05) is 12.1 Å². The highest BCUT2D eigenvalue weighted by Gasteiger charge is 2.36. The van der Waals surface area contributed by atoms with Crippen molar-refractivity contribution < 1.29 is 4.79 Å². The summed E-state index contributed by atoms with van der Waals surface area (Å²) in [5, 5.41) is 6.04. The Morgan fingerprint density at radius 1 is 1.10 bits per heavy atom. The molecule has 0 aromatic heterocycles. The second kappa shape index (κ2) is 5.21. The van der Waals surface area contributed by atoms with Crippen LogP contribution in [0.25, 0.3) is 0 Å². The number of rotatable bonds is 2. The zero-order valence-corrected chi connectivity index (χ0v) is 13.0. The predicted octanol–water partition coefficient (Wildman–Crippen LogP) is 4.07. The molecular formula is C18H24N2O. The number of hydrogen-bond acceptors (Lipinski definition) is 1. The first-order valence-electron chi connectivity index (χ1n) is 7.78. The summed E-state index contributed by atoms with van der Waals surface area (Å²) in [5.74, 6) is 1.20. The van der Waals surface area contributed by atoms with Crippen molar-refractivity contribution in [3.63, 3.8) is 0 Å². The van der Waals surface area contributed by atoms with E-state index in [1.165, 1.54) is 12.0 Å². The van der Waals surface area contributed by atoms with Gasteiger partial charge < -0.3 is 10.6 Å². The van der Waals surface area contributed by atoms with Crippen LogP contribution >= 0.6 is 0 Å². The Labute approximate surface area is 126 Å². The summed E-state index contributed by atoms with van der Waals surface area (Å²) in [4.78, 5) is 12.1. The number of urea groups is 1. The van der Waals surface area contributed by atoms with E-state index < -0.39 is 0 Å². The number of carbonyl (C=O) groups is 1. The van der Waals surface area contributed by atoms with Gasteiger partial charge in [0.2, 0.25) is 0 Å². The van der Waals surface area contributed by atoms with Crippen LogP contribution in [0.2, 0.25) is 0 Å². The second-order valence-electron chi connectivity index (χ2n) is 7.31. The van der Waals surface area contributed by atoms with Crippen molar-refractivity contribution in [3.05, 3.63) is 42.0 Å². The molecule has 2 amide bonds. The summed E-state index contributed by atoms with van der Waals surface area (Å²) in [6.07, 6.45) is 6.81. The molecule has 0 radical (unpaired) electrons. The molecule has 2 N–H and O–H groups in total. The minimum absolute atomic E-state index is 0.0931. The van der Waals surface area contributed by atoms with E-state index >= 15 is 0 Å². The molecule has 1 saturated carbocycles. The van der Waals surface area contributed by atoms with Gasteiger partial charge >= 0.3 is 6.03 Å². The molecule has 0 aliphatic heterocycles. The van der Waals surface area contributed by atoms with Crippen LogP contribution in [0.4, 0.5) is 10.5 Å². The Morgan fingerprint density at radius 3 is 2.33 bits per heavy atom. The number of amides is 2. The lowest BCUT2D eigenvalue weighted by Gasteiger charge is -2.21. The Kier molecular flexibility index (Phi) is 3.52. The fourth-order valence-electron chi connectivity index (χ4n) is 3.34. The molecule has 2 aliphatic carbocycles. The highest BCUT2D eigenvalue weighted by Crippen LogP contribution is 2.38. The summed E-state index contributed by atoms with van der Waals surface area (Å²) in [6.45, 7) is 6.56. The molecule has 2 aliphatic rings. The monoisotopic (exact) mass is 284 g/mol. The third kappa shape index (κ3) is 3.12. The molecule has 3 heteroatoms. The molecule has 3 unspecified atom stereocenters. The fraction of sp³-hybridized carbons (Fsp3) is 0.500. The van der Waals surface area contributed by atoms with Crippen LogP contribution in [0.5, 0.6) is 0 Å². The van der Waals surface area contributed by atoms with E-state index in [4.69, 9.17) is 0 Å². The van der Waals surface area contributed by atoms with Gasteiger partial charge in [-0.3, -0.25) is 0 Å². The van der Waals surface area contributed by atoms with Crippen molar-refractivity contribution in [2.75, 3.05) is 5.32 Å². The Balaban J connectivity index is 1.56. The fourth-order valence-corrected chi connectivity index (χ4v) is 3.34. The highest BCUT2D eigenvalue weighted by molar-refractivity contribution is 5.89. The molecule has 1 aromatic carbocycles. The minimum atomic E-state index is -0.0931. The van der Waals surface area contributed by atoms with Gasteiger partial charge in [-0.05, 0) is 47.8 Å². The van der Waals surface area contributed by atoms with Crippen LogP contribution in [0, 0.1) is 11.8 Å². The zero-order valence-electron chi connectivity index (χ0n) is 13.0. The maximum Gasteiger partial charge on any atom is 0.319 e. The maximum atomic E-state index is 12.1. The molecule has 112 valence electrons. The third-order valence-corrected chi connectivity index (χ3v) is 4.60. The van der Waals surface area contributed by atoms with Gasteiger partial charge in [-0.15, -0.1) is 0 Å². The van der Waals surface area contributed by atoms with E-state index in [1.54, 1.807) is 0 Å². The van der Waals surface area contributed by atoms with Crippen molar-refractivity contribution in [1.82, 2.24) is 5.32 Å². The van der Waals surface area contributed by atoms with Crippen molar-refractivity contribution in [2.45, 2.75) is 45.1 Å². The van der Waals surface area contributed by atoms with Gasteiger partial charge in [-0.2, -0.15) is 0 Å². The van der Waals surface area contributed by atoms with E-state index in [9.17, 15) is 4.79 Å². The van der Waals surface area contributed by atoms with E-state index in [-0.39, 0.29) is 11.4 Å². The second-order valence-corrected chi connectivity index (χ2v) is 7.31. The first-order chi connectivity index (χ1) is 9.91. The van der Waals surface area contributed by atoms with Gasteiger partial charge in [-0.25, -0.2) is 4.79 Å². The van der Waals surface area contributed by atoms with Crippen LogP contribution in [0.3, 0.4) is 0 Å². The van der Waals surface area contributed by atoms with Gasteiger partial charge in [0.15, 0.2) is 0 Å². The van der Waals surface area contributed by atoms with Gasteiger partial charge in [0.05, 0.1) is 0 Å². The van der Waals surface area contributed by atoms with Gasteiger partial charge in [0.1, 0.15) is 0 Å². The molecule has 3 rings (SSSR count). The first kappa shape index (κ1) is 14.2. The van der Waals surface area contributed by atoms with E-state index in [0.29, 0.717) is 17.9 Å². The molecule has 0 spiro atoms. The molecule has 0 saturated heterocycles. The smallest absolute Gasteiger partial charge is 0.319 e. The number of fused-ring (bicyclic) bond motifs is 2. The lowest BCUT2D eigenvalue weighted by atomic mass is 9.87. The molecule has 1 aromatic rings.